The molecule has 0 unspecified atom stereocenters. The zero-order chi connectivity index (χ0) is 19.6. The molecule has 1 heterocycles. The Kier molecular flexibility index (Phi) is 7.58. The highest BCUT2D eigenvalue weighted by molar-refractivity contribution is 5.92. The Hall–Kier alpha value is -2.70. The second-order valence-electron chi connectivity index (χ2n) is 7.05. The minimum Gasteiger partial charge on any atom is -0.355 e. The fourth-order valence-corrected chi connectivity index (χ4v) is 3.28. The first kappa shape index (κ1) is 20.0. The summed E-state index contributed by atoms with van der Waals surface area (Å²) in [6, 6.07) is 19.6. The number of hydrogen-bond acceptors (Lipinski definition) is 4. The van der Waals surface area contributed by atoms with Crippen LogP contribution >= 0.6 is 0 Å². The average Bonchev–Trinajstić information content (AvgIpc) is 2.71. The quantitative estimate of drug-likeness (QED) is 0.730. The van der Waals surface area contributed by atoms with Crippen molar-refractivity contribution in [1.82, 2.24) is 15.1 Å². The van der Waals surface area contributed by atoms with Crippen LogP contribution < -0.4 is 10.6 Å². The Morgan fingerprint density at radius 3 is 1.89 bits per heavy atom. The van der Waals surface area contributed by atoms with Crippen LogP contribution in [0.5, 0.6) is 0 Å². The van der Waals surface area contributed by atoms with E-state index in [0.717, 1.165) is 38.3 Å². The Morgan fingerprint density at radius 1 is 0.750 bits per heavy atom. The van der Waals surface area contributed by atoms with Crippen LogP contribution in [0.1, 0.15) is 5.56 Å². The highest BCUT2D eigenvalue weighted by Gasteiger charge is 2.20. The number of benzene rings is 2. The van der Waals surface area contributed by atoms with Gasteiger partial charge in [-0.2, -0.15) is 0 Å². The molecular weight excluding hydrogens is 352 g/mol. The van der Waals surface area contributed by atoms with Crippen molar-refractivity contribution in [3.05, 3.63) is 66.2 Å². The molecule has 2 aromatic carbocycles. The van der Waals surface area contributed by atoms with Gasteiger partial charge in [-0.05, 0) is 24.1 Å². The molecule has 0 spiro atoms. The lowest BCUT2D eigenvalue weighted by Gasteiger charge is -2.33. The number of piperazine rings is 1. The minimum atomic E-state index is -0.00157. The number of carbonyl (C=O) groups excluding carboxylic acids is 2. The van der Waals surface area contributed by atoms with Gasteiger partial charge >= 0.3 is 0 Å². The molecule has 1 saturated heterocycles. The molecular formula is C22H28N4O2. The third-order valence-electron chi connectivity index (χ3n) is 4.84. The van der Waals surface area contributed by atoms with Crippen LogP contribution in [0.3, 0.4) is 0 Å². The van der Waals surface area contributed by atoms with E-state index >= 15 is 0 Å². The van der Waals surface area contributed by atoms with Crippen molar-refractivity contribution in [2.24, 2.45) is 0 Å². The largest absolute Gasteiger partial charge is 0.355 e. The lowest BCUT2D eigenvalue weighted by Crippen LogP contribution is -2.51. The first-order valence-electron chi connectivity index (χ1n) is 9.79. The molecule has 2 N–H and O–H groups in total. The standard InChI is InChI=1S/C22H28N4O2/c27-21(23-12-11-19-7-3-1-4-8-19)17-25-13-15-26(16-14-25)18-22(28)24-20-9-5-2-6-10-20/h1-10H,11-18H2,(H,23,27)(H,24,28). The molecule has 0 atom stereocenters. The van der Waals surface area contributed by atoms with E-state index in [1.54, 1.807) is 0 Å². The molecule has 0 saturated carbocycles. The van der Waals surface area contributed by atoms with Crippen LogP contribution in [0, 0.1) is 0 Å². The van der Waals surface area contributed by atoms with E-state index in [2.05, 4.69) is 32.6 Å². The van der Waals surface area contributed by atoms with Gasteiger partial charge in [0.25, 0.3) is 0 Å². The summed E-state index contributed by atoms with van der Waals surface area (Å²) in [5, 5.41) is 5.90. The van der Waals surface area contributed by atoms with Gasteiger partial charge in [-0.1, -0.05) is 48.5 Å². The molecule has 1 fully saturated rings. The van der Waals surface area contributed by atoms with E-state index in [4.69, 9.17) is 0 Å². The average molecular weight is 380 g/mol. The fraction of sp³-hybridized carbons (Fsp3) is 0.364. The normalized spacial score (nSPS) is 15.1. The van der Waals surface area contributed by atoms with Gasteiger partial charge in [0.1, 0.15) is 0 Å². The lowest BCUT2D eigenvalue weighted by molar-refractivity contribution is -0.123. The van der Waals surface area contributed by atoms with Crippen LogP contribution in [0.25, 0.3) is 0 Å². The van der Waals surface area contributed by atoms with Gasteiger partial charge in [-0.25, -0.2) is 0 Å². The predicted octanol–water partition coefficient (Wildman–Crippen LogP) is 1.60. The third kappa shape index (κ3) is 6.79. The number of rotatable bonds is 8. The van der Waals surface area contributed by atoms with Crippen LogP contribution in [-0.2, 0) is 16.0 Å². The zero-order valence-corrected chi connectivity index (χ0v) is 16.1. The first-order chi connectivity index (χ1) is 13.7. The topological polar surface area (TPSA) is 64.7 Å². The second kappa shape index (κ2) is 10.6. The summed E-state index contributed by atoms with van der Waals surface area (Å²) in [4.78, 5) is 28.5. The Morgan fingerprint density at radius 2 is 1.29 bits per heavy atom. The van der Waals surface area contributed by atoms with Crippen LogP contribution in [0.4, 0.5) is 5.69 Å². The molecule has 3 rings (SSSR count). The Labute approximate surface area is 166 Å². The van der Waals surface area contributed by atoms with Gasteiger partial charge in [-0.3, -0.25) is 19.4 Å². The highest BCUT2D eigenvalue weighted by atomic mass is 16.2. The van der Waals surface area contributed by atoms with Crippen LogP contribution in [0.2, 0.25) is 0 Å². The molecule has 1 aliphatic rings. The summed E-state index contributed by atoms with van der Waals surface area (Å²) in [5.74, 6) is 0.0597. The van der Waals surface area contributed by atoms with Crippen molar-refractivity contribution < 1.29 is 9.59 Å². The number of anilines is 1. The number of amides is 2. The summed E-state index contributed by atoms with van der Waals surface area (Å²) < 4.78 is 0. The lowest BCUT2D eigenvalue weighted by atomic mass is 10.1. The molecule has 2 amide bonds. The molecule has 28 heavy (non-hydrogen) atoms. The van der Waals surface area contributed by atoms with Gasteiger partial charge in [0.05, 0.1) is 13.1 Å². The van der Waals surface area contributed by atoms with E-state index in [-0.39, 0.29) is 11.8 Å². The number of carbonyl (C=O) groups is 2. The molecule has 6 nitrogen and oxygen atoms in total. The van der Waals surface area contributed by atoms with Gasteiger partial charge in [0.15, 0.2) is 0 Å². The van der Waals surface area contributed by atoms with E-state index in [1.165, 1.54) is 5.56 Å². The molecule has 2 aromatic rings. The third-order valence-corrected chi connectivity index (χ3v) is 4.84. The smallest absolute Gasteiger partial charge is 0.238 e. The van der Waals surface area contributed by atoms with Gasteiger partial charge < -0.3 is 10.6 Å². The Bertz CT molecular complexity index is 744. The monoisotopic (exact) mass is 380 g/mol. The molecule has 148 valence electrons. The maximum absolute atomic E-state index is 12.1. The van der Waals surface area contributed by atoms with Gasteiger partial charge in [0.2, 0.25) is 11.8 Å². The van der Waals surface area contributed by atoms with E-state index in [0.29, 0.717) is 19.6 Å². The molecule has 0 radical (unpaired) electrons. The summed E-state index contributed by atoms with van der Waals surface area (Å²) in [6.07, 6.45) is 0.844. The summed E-state index contributed by atoms with van der Waals surface area (Å²) >= 11 is 0. The van der Waals surface area contributed by atoms with E-state index in [1.807, 2.05) is 48.5 Å². The number of nitrogens with zero attached hydrogens (tertiary/aromatic N) is 2. The van der Waals surface area contributed by atoms with Crippen molar-refractivity contribution in [2.45, 2.75) is 6.42 Å². The maximum Gasteiger partial charge on any atom is 0.238 e. The summed E-state index contributed by atoms with van der Waals surface area (Å²) in [7, 11) is 0. The molecule has 6 heteroatoms. The number of hydrogen-bond donors (Lipinski definition) is 2. The van der Waals surface area contributed by atoms with Gasteiger partial charge in [-0.15, -0.1) is 0 Å². The number of nitrogens with one attached hydrogen (secondary N) is 2. The zero-order valence-electron chi connectivity index (χ0n) is 16.1. The molecule has 0 bridgehead atoms. The minimum absolute atomic E-state index is 0.00157. The highest BCUT2D eigenvalue weighted by Crippen LogP contribution is 2.06. The second-order valence-corrected chi connectivity index (χ2v) is 7.05. The number of para-hydroxylation sites is 1. The van der Waals surface area contributed by atoms with Crippen LogP contribution in [0.15, 0.2) is 60.7 Å². The summed E-state index contributed by atoms with van der Waals surface area (Å²) in [6.45, 7) is 4.63. The van der Waals surface area contributed by atoms with E-state index in [9.17, 15) is 9.59 Å². The molecule has 1 aliphatic heterocycles. The molecule has 0 aromatic heterocycles. The van der Waals surface area contributed by atoms with Crippen molar-refractivity contribution in [1.29, 1.82) is 0 Å². The maximum atomic E-state index is 12.1. The van der Waals surface area contributed by atoms with Crippen LogP contribution in [-0.4, -0.2) is 67.4 Å². The summed E-state index contributed by atoms with van der Waals surface area (Å²) in [5.41, 5.74) is 2.04. The Balaban J connectivity index is 1.30. The fourth-order valence-electron chi connectivity index (χ4n) is 3.28. The van der Waals surface area contributed by atoms with Crippen molar-refractivity contribution >= 4 is 17.5 Å². The van der Waals surface area contributed by atoms with Crippen molar-refractivity contribution in [2.75, 3.05) is 51.1 Å². The van der Waals surface area contributed by atoms with Crippen molar-refractivity contribution in [3.8, 4) is 0 Å². The predicted molar refractivity (Wildman–Crippen MR) is 111 cm³/mol. The SMILES string of the molecule is O=C(CN1CCN(CC(=O)Nc2ccccc2)CC1)NCCc1ccccc1. The van der Waals surface area contributed by atoms with Gasteiger partial charge in [0, 0.05) is 38.4 Å². The molecule has 0 aliphatic carbocycles. The van der Waals surface area contributed by atoms with Crippen molar-refractivity contribution in [3.63, 3.8) is 0 Å². The first-order valence-corrected chi connectivity index (χ1v) is 9.79. The van der Waals surface area contributed by atoms with E-state index < -0.39 is 0 Å².